The van der Waals surface area contributed by atoms with E-state index < -0.39 is 61.5 Å². The van der Waals surface area contributed by atoms with Gasteiger partial charge in [0.2, 0.25) is 5.91 Å². The molecular weight excluding hydrogens is 783 g/mol. The van der Waals surface area contributed by atoms with Crippen molar-refractivity contribution in [2.24, 2.45) is 0 Å². The Bertz CT molecular complexity index is 999. The fourth-order valence-electron chi connectivity index (χ4n) is 8.63. The number of ether oxygens (including phenoxy) is 2. The lowest BCUT2D eigenvalue weighted by Crippen LogP contribution is -2.60. The van der Waals surface area contributed by atoms with E-state index >= 15 is 0 Å². The fraction of sp³-hybridized carbons (Fsp3) is 0.942. The van der Waals surface area contributed by atoms with Gasteiger partial charge in [0.25, 0.3) is 0 Å². The molecule has 0 saturated carbocycles. The Balaban J connectivity index is 2.24. The van der Waals surface area contributed by atoms with Crippen molar-refractivity contribution in [2.75, 3.05) is 13.2 Å². The summed E-state index contributed by atoms with van der Waals surface area (Å²) in [5.74, 6) is -0.583. The lowest BCUT2D eigenvalue weighted by atomic mass is 9.99. The molecule has 0 bridgehead atoms. The third-order valence-corrected chi connectivity index (χ3v) is 13.0. The SMILES string of the molecule is CCCCCCCCCCCCCC/C=C\CCCCCCCCCCCC(O)C(=O)NC(COC1OC(CO)C(O)C(O)C1O)C(O)CCCCCCCCCCCCCC. The number of hydrogen-bond donors (Lipinski definition) is 7. The number of carbonyl (C=O) groups is 1. The quantitative estimate of drug-likeness (QED) is 0.0232. The van der Waals surface area contributed by atoms with E-state index in [1.165, 1.54) is 173 Å². The van der Waals surface area contributed by atoms with Crippen LogP contribution in [0.15, 0.2) is 12.2 Å². The summed E-state index contributed by atoms with van der Waals surface area (Å²) in [5, 5.41) is 65.0. The number of aliphatic hydroxyl groups excluding tert-OH is 6. The van der Waals surface area contributed by atoms with Gasteiger partial charge >= 0.3 is 0 Å². The number of amides is 1. The molecule has 0 aromatic heterocycles. The van der Waals surface area contributed by atoms with Gasteiger partial charge in [0.15, 0.2) is 6.29 Å². The van der Waals surface area contributed by atoms with Gasteiger partial charge in [-0.1, -0.05) is 225 Å². The molecule has 1 heterocycles. The second-order valence-electron chi connectivity index (χ2n) is 18.8. The van der Waals surface area contributed by atoms with E-state index in [1.807, 2.05) is 0 Å². The maximum absolute atomic E-state index is 13.1. The highest BCUT2D eigenvalue weighted by Crippen LogP contribution is 2.23. The van der Waals surface area contributed by atoms with Crippen LogP contribution < -0.4 is 5.32 Å². The Hall–Kier alpha value is -1.11. The van der Waals surface area contributed by atoms with Crippen LogP contribution in [0.2, 0.25) is 0 Å². The number of allylic oxidation sites excluding steroid dienone is 2. The molecule has 1 saturated heterocycles. The van der Waals surface area contributed by atoms with Crippen LogP contribution in [0, 0.1) is 0 Å². The summed E-state index contributed by atoms with van der Waals surface area (Å²) in [7, 11) is 0. The molecule has 0 radical (unpaired) electrons. The average molecular weight is 884 g/mol. The van der Waals surface area contributed by atoms with Crippen LogP contribution in [0.25, 0.3) is 0 Å². The van der Waals surface area contributed by atoms with Crippen molar-refractivity contribution in [3.63, 3.8) is 0 Å². The van der Waals surface area contributed by atoms with E-state index in [-0.39, 0.29) is 6.61 Å². The minimum atomic E-state index is -1.59. The van der Waals surface area contributed by atoms with E-state index in [1.54, 1.807) is 0 Å². The number of rotatable bonds is 45. The maximum atomic E-state index is 13.1. The standard InChI is InChI=1S/C52H101NO9/c1-3-5-7-9-11-13-15-17-18-19-20-21-22-23-24-25-26-27-28-29-31-33-35-37-39-41-46(56)51(60)53-44(43-61-52-50(59)49(58)48(57)47(42-54)62-52)45(55)40-38-36-34-32-30-16-14-12-10-8-6-4-2/h23-24,44-50,52,54-59H,3-22,25-43H2,1-2H3,(H,53,60)/b24-23-. The normalized spacial score (nSPS) is 20.8. The number of carbonyl (C=O) groups excluding carboxylic acids is 1. The molecule has 1 fully saturated rings. The summed E-state index contributed by atoms with van der Waals surface area (Å²) in [6.07, 6.45) is 39.9. The van der Waals surface area contributed by atoms with Crippen LogP contribution in [0.5, 0.6) is 0 Å². The Labute approximate surface area is 380 Å². The smallest absolute Gasteiger partial charge is 0.249 e. The minimum absolute atomic E-state index is 0.253. The average Bonchev–Trinajstić information content (AvgIpc) is 3.27. The molecular formula is C52H101NO9. The lowest BCUT2D eigenvalue weighted by molar-refractivity contribution is -0.302. The third-order valence-electron chi connectivity index (χ3n) is 13.0. The van der Waals surface area contributed by atoms with Gasteiger partial charge in [-0.15, -0.1) is 0 Å². The van der Waals surface area contributed by atoms with E-state index in [0.29, 0.717) is 12.8 Å². The summed E-state index contributed by atoms with van der Waals surface area (Å²) in [6.45, 7) is 3.68. The second-order valence-corrected chi connectivity index (χ2v) is 18.8. The molecule has 8 unspecified atom stereocenters. The predicted molar refractivity (Wildman–Crippen MR) is 255 cm³/mol. The van der Waals surface area contributed by atoms with Gasteiger partial charge < -0.3 is 45.4 Å². The molecule has 1 aliphatic heterocycles. The van der Waals surface area contributed by atoms with Gasteiger partial charge in [0.05, 0.1) is 25.4 Å². The van der Waals surface area contributed by atoms with Crippen LogP contribution in [0.1, 0.15) is 251 Å². The summed E-state index contributed by atoms with van der Waals surface area (Å²) < 4.78 is 11.2. The van der Waals surface area contributed by atoms with Crippen LogP contribution >= 0.6 is 0 Å². The monoisotopic (exact) mass is 884 g/mol. The first-order valence-corrected chi connectivity index (χ1v) is 26.5. The topological polar surface area (TPSA) is 169 Å². The molecule has 62 heavy (non-hydrogen) atoms. The van der Waals surface area contributed by atoms with Crippen molar-refractivity contribution in [3.05, 3.63) is 12.2 Å². The number of unbranched alkanes of at least 4 members (excludes halogenated alkanes) is 32. The molecule has 1 rings (SSSR count). The molecule has 10 heteroatoms. The van der Waals surface area contributed by atoms with Crippen molar-refractivity contribution >= 4 is 5.91 Å². The highest BCUT2D eigenvalue weighted by Gasteiger charge is 2.44. The minimum Gasteiger partial charge on any atom is -0.394 e. The summed E-state index contributed by atoms with van der Waals surface area (Å²) in [5.41, 5.74) is 0. The zero-order valence-corrected chi connectivity index (χ0v) is 40.3. The van der Waals surface area contributed by atoms with Crippen molar-refractivity contribution in [1.82, 2.24) is 5.32 Å². The highest BCUT2D eigenvalue weighted by atomic mass is 16.7. The van der Waals surface area contributed by atoms with Gasteiger partial charge in [-0.25, -0.2) is 0 Å². The van der Waals surface area contributed by atoms with E-state index in [2.05, 4.69) is 31.3 Å². The van der Waals surface area contributed by atoms with Gasteiger partial charge in [-0.05, 0) is 38.5 Å². The number of hydrogen-bond acceptors (Lipinski definition) is 9. The molecule has 0 aromatic carbocycles. The zero-order chi connectivity index (χ0) is 45.3. The summed E-state index contributed by atoms with van der Waals surface area (Å²) in [6, 6.07) is -0.891. The highest BCUT2D eigenvalue weighted by molar-refractivity contribution is 5.80. The largest absolute Gasteiger partial charge is 0.394 e. The molecule has 7 N–H and O–H groups in total. The molecule has 0 aliphatic carbocycles. The van der Waals surface area contributed by atoms with Crippen LogP contribution in [-0.4, -0.2) is 98.7 Å². The fourth-order valence-corrected chi connectivity index (χ4v) is 8.63. The third kappa shape index (κ3) is 31.7. The van der Waals surface area contributed by atoms with Crippen LogP contribution in [0.3, 0.4) is 0 Å². The van der Waals surface area contributed by atoms with E-state index in [4.69, 9.17) is 9.47 Å². The zero-order valence-electron chi connectivity index (χ0n) is 40.3. The van der Waals surface area contributed by atoms with Gasteiger partial charge in [0, 0.05) is 0 Å². The van der Waals surface area contributed by atoms with Gasteiger partial charge in [-0.2, -0.15) is 0 Å². The molecule has 368 valence electrons. The van der Waals surface area contributed by atoms with Crippen LogP contribution in [-0.2, 0) is 14.3 Å². The Morgan fingerprint density at radius 2 is 0.903 bits per heavy atom. The Morgan fingerprint density at radius 1 is 0.532 bits per heavy atom. The second kappa shape index (κ2) is 42.5. The van der Waals surface area contributed by atoms with Crippen molar-refractivity contribution < 1.29 is 44.9 Å². The predicted octanol–water partition coefficient (Wildman–Crippen LogP) is 11.0. The molecule has 0 aromatic rings. The summed E-state index contributed by atoms with van der Waals surface area (Å²) >= 11 is 0. The lowest BCUT2D eigenvalue weighted by Gasteiger charge is -2.40. The van der Waals surface area contributed by atoms with E-state index in [0.717, 1.165) is 51.4 Å². The molecule has 1 amide bonds. The van der Waals surface area contributed by atoms with Crippen LogP contribution in [0.4, 0.5) is 0 Å². The molecule has 1 aliphatic rings. The van der Waals surface area contributed by atoms with Gasteiger partial charge in [0.1, 0.15) is 30.5 Å². The molecule has 0 spiro atoms. The number of aliphatic hydroxyl groups is 6. The first-order valence-electron chi connectivity index (χ1n) is 26.5. The van der Waals surface area contributed by atoms with Crippen molar-refractivity contribution in [1.29, 1.82) is 0 Å². The first-order chi connectivity index (χ1) is 30.3. The van der Waals surface area contributed by atoms with E-state index in [9.17, 15) is 35.4 Å². The Kier molecular flexibility index (Phi) is 40.4. The van der Waals surface area contributed by atoms with Crippen molar-refractivity contribution in [3.8, 4) is 0 Å². The maximum Gasteiger partial charge on any atom is 0.249 e. The Morgan fingerprint density at radius 3 is 1.31 bits per heavy atom. The summed E-state index contributed by atoms with van der Waals surface area (Å²) in [4.78, 5) is 13.1. The number of nitrogens with one attached hydrogen (secondary N) is 1. The first kappa shape index (κ1) is 58.9. The van der Waals surface area contributed by atoms with Crippen molar-refractivity contribution in [2.45, 2.75) is 300 Å². The molecule has 8 atom stereocenters. The molecule has 10 nitrogen and oxygen atoms in total. The van der Waals surface area contributed by atoms with Gasteiger partial charge in [-0.3, -0.25) is 4.79 Å².